The van der Waals surface area contributed by atoms with E-state index in [-0.39, 0.29) is 4.90 Å². The molecule has 1 N–H and O–H groups in total. The highest BCUT2D eigenvalue weighted by Gasteiger charge is 2.27. The van der Waals surface area contributed by atoms with E-state index in [4.69, 9.17) is 11.6 Å². The molecule has 0 heterocycles. The molecule has 2 aromatic carbocycles. The van der Waals surface area contributed by atoms with Crippen LogP contribution in [0.3, 0.4) is 0 Å². The summed E-state index contributed by atoms with van der Waals surface area (Å²) in [5.74, 6) is 0. The van der Waals surface area contributed by atoms with Crippen LogP contribution in [-0.4, -0.2) is 8.42 Å². The third-order valence-electron chi connectivity index (χ3n) is 3.32. The number of nitrogens with one attached hydrogen (secondary N) is 1. The topological polar surface area (TPSA) is 46.2 Å². The molecule has 5 heteroatoms. The van der Waals surface area contributed by atoms with Gasteiger partial charge in [0.05, 0.1) is 10.4 Å². The fourth-order valence-corrected chi connectivity index (χ4v) is 3.70. The van der Waals surface area contributed by atoms with Crippen LogP contribution < -0.4 is 4.72 Å². The molecule has 0 aliphatic heterocycles. The zero-order chi connectivity index (χ0) is 15.7. The van der Waals surface area contributed by atoms with Crippen LogP contribution in [0, 0.1) is 6.92 Å². The van der Waals surface area contributed by atoms with Crippen LogP contribution in [0.15, 0.2) is 53.4 Å². The molecule has 2 rings (SSSR count). The summed E-state index contributed by atoms with van der Waals surface area (Å²) < 4.78 is 27.8. The van der Waals surface area contributed by atoms with Gasteiger partial charge in [0.1, 0.15) is 0 Å². The normalized spacial score (nSPS) is 12.4. The minimum absolute atomic E-state index is 0.216. The van der Waals surface area contributed by atoms with E-state index in [1.54, 1.807) is 19.1 Å². The van der Waals surface area contributed by atoms with Gasteiger partial charge in [-0.15, -0.1) is 0 Å². The first-order chi connectivity index (χ1) is 9.72. The lowest BCUT2D eigenvalue weighted by Crippen LogP contribution is -2.40. The first kappa shape index (κ1) is 16.0. The van der Waals surface area contributed by atoms with Gasteiger partial charge in [0.2, 0.25) is 10.0 Å². The molecule has 0 unspecified atom stereocenters. The number of benzene rings is 2. The highest BCUT2D eigenvalue weighted by molar-refractivity contribution is 7.89. The van der Waals surface area contributed by atoms with Crippen LogP contribution >= 0.6 is 11.6 Å². The Balaban J connectivity index is 2.35. The molecule has 0 radical (unpaired) electrons. The van der Waals surface area contributed by atoms with Crippen molar-refractivity contribution in [3.05, 3.63) is 64.7 Å². The van der Waals surface area contributed by atoms with E-state index >= 15 is 0 Å². The van der Waals surface area contributed by atoms with Crippen molar-refractivity contribution in [1.82, 2.24) is 4.72 Å². The third kappa shape index (κ3) is 3.64. The highest BCUT2D eigenvalue weighted by Crippen LogP contribution is 2.24. The molecule has 0 fully saturated rings. The first-order valence-electron chi connectivity index (χ1n) is 6.58. The van der Waals surface area contributed by atoms with Gasteiger partial charge in [-0.3, -0.25) is 0 Å². The molecule has 2 aromatic rings. The fraction of sp³-hybridized carbons (Fsp3) is 0.250. The van der Waals surface area contributed by atoms with E-state index < -0.39 is 15.6 Å². The van der Waals surface area contributed by atoms with Gasteiger partial charge in [-0.1, -0.05) is 41.9 Å². The maximum Gasteiger partial charge on any atom is 0.241 e. The Labute approximate surface area is 131 Å². The molecular formula is C16H18ClNO2S. The molecule has 0 saturated heterocycles. The maximum atomic E-state index is 12.5. The molecule has 112 valence electrons. The molecule has 0 aromatic heterocycles. The van der Waals surface area contributed by atoms with Crippen molar-refractivity contribution in [2.45, 2.75) is 31.2 Å². The van der Waals surface area contributed by atoms with Gasteiger partial charge >= 0.3 is 0 Å². The molecular weight excluding hydrogens is 306 g/mol. The van der Waals surface area contributed by atoms with Crippen molar-refractivity contribution in [1.29, 1.82) is 0 Å². The van der Waals surface area contributed by atoms with Crippen molar-refractivity contribution in [3.8, 4) is 0 Å². The van der Waals surface area contributed by atoms with Crippen molar-refractivity contribution >= 4 is 21.6 Å². The van der Waals surface area contributed by atoms with Gasteiger partial charge in [0, 0.05) is 5.02 Å². The van der Waals surface area contributed by atoms with E-state index in [1.165, 1.54) is 6.07 Å². The molecule has 0 atom stereocenters. The quantitative estimate of drug-likeness (QED) is 0.928. The molecule has 21 heavy (non-hydrogen) atoms. The van der Waals surface area contributed by atoms with Crippen LogP contribution in [0.25, 0.3) is 0 Å². The monoisotopic (exact) mass is 323 g/mol. The van der Waals surface area contributed by atoms with Crippen LogP contribution in [0.4, 0.5) is 0 Å². The van der Waals surface area contributed by atoms with Crippen LogP contribution in [0.1, 0.15) is 25.0 Å². The maximum absolute atomic E-state index is 12.5. The minimum atomic E-state index is -3.61. The van der Waals surface area contributed by atoms with Gasteiger partial charge in [0.25, 0.3) is 0 Å². The van der Waals surface area contributed by atoms with E-state index in [2.05, 4.69) is 4.72 Å². The lowest BCUT2D eigenvalue weighted by Gasteiger charge is -2.26. The molecule has 0 saturated carbocycles. The van der Waals surface area contributed by atoms with Crippen molar-refractivity contribution in [3.63, 3.8) is 0 Å². The first-order valence-corrected chi connectivity index (χ1v) is 8.44. The average molecular weight is 324 g/mol. The van der Waals surface area contributed by atoms with Gasteiger partial charge in [-0.25, -0.2) is 13.1 Å². The Morgan fingerprint density at radius 1 is 1.05 bits per heavy atom. The standard InChI is InChI=1S/C16H18ClNO2S/c1-12-11-14(9-10-15(12)17)21(19,20)18-16(2,3)13-7-5-4-6-8-13/h4-11,18H,1-3H3. The van der Waals surface area contributed by atoms with Gasteiger partial charge < -0.3 is 0 Å². The van der Waals surface area contributed by atoms with Crippen LogP contribution in [0.5, 0.6) is 0 Å². The van der Waals surface area contributed by atoms with Gasteiger partial charge in [-0.2, -0.15) is 0 Å². The Morgan fingerprint density at radius 3 is 2.24 bits per heavy atom. The largest absolute Gasteiger partial charge is 0.241 e. The summed E-state index contributed by atoms with van der Waals surface area (Å²) in [5, 5.41) is 0.552. The number of hydrogen-bond donors (Lipinski definition) is 1. The van der Waals surface area contributed by atoms with Crippen molar-refractivity contribution in [2.24, 2.45) is 0 Å². The van der Waals surface area contributed by atoms with Gasteiger partial charge in [0.15, 0.2) is 0 Å². The SMILES string of the molecule is Cc1cc(S(=O)(=O)NC(C)(C)c2ccccc2)ccc1Cl. The van der Waals surface area contributed by atoms with E-state index in [9.17, 15) is 8.42 Å². The Bertz CT molecular complexity index is 740. The summed E-state index contributed by atoms with van der Waals surface area (Å²) in [4.78, 5) is 0.216. The molecule has 0 aliphatic carbocycles. The predicted octanol–water partition coefficient (Wildman–Crippen LogP) is 3.86. The Morgan fingerprint density at radius 2 is 1.67 bits per heavy atom. The average Bonchev–Trinajstić information content (AvgIpc) is 2.41. The molecule has 0 amide bonds. The van der Waals surface area contributed by atoms with Crippen LogP contribution in [0.2, 0.25) is 5.02 Å². The number of sulfonamides is 1. The predicted molar refractivity (Wildman–Crippen MR) is 86.0 cm³/mol. The third-order valence-corrected chi connectivity index (χ3v) is 5.40. The summed E-state index contributed by atoms with van der Waals surface area (Å²) in [6.45, 7) is 5.45. The van der Waals surface area contributed by atoms with Gasteiger partial charge in [-0.05, 0) is 50.1 Å². The zero-order valence-corrected chi connectivity index (χ0v) is 13.8. The highest BCUT2D eigenvalue weighted by atomic mass is 35.5. The Kier molecular flexibility index (Phi) is 4.42. The number of halogens is 1. The summed E-state index contributed by atoms with van der Waals surface area (Å²) >= 11 is 5.94. The minimum Gasteiger partial charge on any atom is -0.207 e. The summed E-state index contributed by atoms with van der Waals surface area (Å²) in [7, 11) is -3.61. The van der Waals surface area contributed by atoms with E-state index in [0.29, 0.717) is 5.02 Å². The van der Waals surface area contributed by atoms with E-state index in [1.807, 2.05) is 44.2 Å². The molecule has 0 bridgehead atoms. The molecule has 0 spiro atoms. The summed E-state index contributed by atoms with van der Waals surface area (Å²) in [6.07, 6.45) is 0. The number of hydrogen-bond acceptors (Lipinski definition) is 2. The fourth-order valence-electron chi connectivity index (χ4n) is 2.09. The van der Waals surface area contributed by atoms with Crippen molar-refractivity contribution in [2.75, 3.05) is 0 Å². The Hall–Kier alpha value is -1.36. The molecule has 0 aliphatic rings. The van der Waals surface area contributed by atoms with E-state index in [0.717, 1.165) is 11.1 Å². The smallest absolute Gasteiger partial charge is 0.207 e. The second-order valence-electron chi connectivity index (χ2n) is 5.51. The number of aryl methyl sites for hydroxylation is 1. The number of rotatable bonds is 4. The lowest BCUT2D eigenvalue weighted by molar-refractivity contribution is 0.472. The van der Waals surface area contributed by atoms with Crippen molar-refractivity contribution < 1.29 is 8.42 Å². The second kappa shape index (κ2) is 5.79. The zero-order valence-electron chi connectivity index (χ0n) is 12.2. The summed E-state index contributed by atoms with van der Waals surface area (Å²) in [5.41, 5.74) is 0.935. The summed E-state index contributed by atoms with van der Waals surface area (Å²) in [6, 6.07) is 14.2. The van der Waals surface area contributed by atoms with Crippen LogP contribution in [-0.2, 0) is 15.6 Å². The lowest BCUT2D eigenvalue weighted by atomic mass is 9.96. The molecule has 3 nitrogen and oxygen atoms in total. The second-order valence-corrected chi connectivity index (χ2v) is 7.60.